The molecule has 1 rings (SSSR count). The number of halogens is 2. The number of nitro groups is 1. The van der Waals surface area contributed by atoms with Crippen molar-refractivity contribution in [1.29, 1.82) is 0 Å². The first-order valence-corrected chi connectivity index (χ1v) is 7.93. The minimum atomic E-state index is -2.37. The van der Waals surface area contributed by atoms with Crippen LogP contribution in [0.2, 0.25) is 5.02 Å². The molecular weight excluding hydrogens is 361 g/mol. The Bertz CT molecular complexity index is 586. The van der Waals surface area contributed by atoms with E-state index in [1.807, 2.05) is 0 Å². The maximum Gasteiger partial charge on any atom is 0.339 e. The maximum absolute atomic E-state index is 12.3. The topological polar surface area (TPSA) is 95.7 Å². The fourth-order valence-corrected chi connectivity index (χ4v) is 2.58. The van der Waals surface area contributed by atoms with Gasteiger partial charge in [0.2, 0.25) is 6.54 Å². The van der Waals surface area contributed by atoms with Crippen molar-refractivity contribution in [3.63, 3.8) is 0 Å². The Morgan fingerprint density at radius 2 is 1.62 bits per heavy atom. The first-order chi connectivity index (χ1) is 11.3. The molecule has 0 fully saturated rings. The summed E-state index contributed by atoms with van der Waals surface area (Å²) >= 11 is 12.1. The van der Waals surface area contributed by atoms with Gasteiger partial charge in [0.25, 0.3) is 4.87 Å². The Hall–Kier alpha value is -1.86. The lowest BCUT2D eigenvalue weighted by Gasteiger charge is -2.29. The molecule has 24 heavy (non-hydrogen) atoms. The summed E-state index contributed by atoms with van der Waals surface area (Å²) in [5.74, 6) is -3.47. The van der Waals surface area contributed by atoms with Crippen LogP contribution in [0.1, 0.15) is 25.3 Å². The predicted molar refractivity (Wildman–Crippen MR) is 87.9 cm³/mol. The molecule has 0 spiro atoms. The third-order valence-corrected chi connectivity index (χ3v) is 4.05. The van der Waals surface area contributed by atoms with Crippen LogP contribution in [-0.4, -0.2) is 41.5 Å². The lowest BCUT2D eigenvalue weighted by molar-refractivity contribution is -0.483. The van der Waals surface area contributed by atoms with Crippen LogP contribution < -0.4 is 0 Å². The van der Waals surface area contributed by atoms with Crippen molar-refractivity contribution in [2.45, 2.75) is 24.6 Å². The van der Waals surface area contributed by atoms with Crippen molar-refractivity contribution in [1.82, 2.24) is 0 Å². The number of hydrogen-bond acceptors (Lipinski definition) is 6. The van der Waals surface area contributed by atoms with E-state index in [1.54, 1.807) is 0 Å². The van der Waals surface area contributed by atoms with Crippen LogP contribution in [-0.2, 0) is 19.1 Å². The van der Waals surface area contributed by atoms with Crippen LogP contribution in [0.5, 0.6) is 0 Å². The van der Waals surface area contributed by atoms with Gasteiger partial charge in [0.15, 0.2) is 0 Å². The van der Waals surface area contributed by atoms with E-state index >= 15 is 0 Å². The van der Waals surface area contributed by atoms with E-state index in [-0.39, 0.29) is 13.2 Å². The monoisotopic (exact) mass is 377 g/mol. The van der Waals surface area contributed by atoms with Crippen LogP contribution in [0.25, 0.3) is 0 Å². The summed E-state index contributed by atoms with van der Waals surface area (Å²) in [6, 6.07) is 5.90. The lowest BCUT2D eigenvalue weighted by atomic mass is 9.85. The molecule has 132 valence electrons. The SMILES string of the molecule is CCOC(=O)C(Cl)(C(=O)OCC)[C@H](C[N+](=O)[O-])c1ccc(Cl)cc1. The number of alkyl halides is 1. The molecule has 0 aliphatic carbocycles. The highest BCUT2D eigenvalue weighted by molar-refractivity contribution is 6.45. The number of ether oxygens (including phenoxy) is 2. The van der Waals surface area contributed by atoms with E-state index in [1.165, 1.54) is 38.1 Å². The van der Waals surface area contributed by atoms with Crippen LogP contribution in [0.15, 0.2) is 24.3 Å². The molecule has 1 aromatic carbocycles. The van der Waals surface area contributed by atoms with Crippen LogP contribution in [0, 0.1) is 10.1 Å². The van der Waals surface area contributed by atoms with E-state index in [4.69, 9.17) is 32.7 Å². The van der Waals surface area contributed by atoms with Gasteiger partial charge >= 0.3 is 11.9 Å². The summed E-state index contributed by atoms with van der Waals surface area (Å²) in [5, 5.41) is 11.5. The van der Waals surface area contributed by atoms with Crippen molar-refractivity contribution < 1.29 is 24.0 Å². The number of hydrogen-bond donors (Lipinski definition) is 0. The molecule has 0 unspecified atom stereocenters. The second-order valence-corrected chi connectivity index (χ2v) is 5.80. The van der Waals surface area contributed by atoms with Crippen molar-refractivity contribution in [3.8, 4) is 0 Å². The molecule has 1 atom stereocenters. The molecule has 0 aliphatic rings. The van der Waals surface area contributed by atoms with E-state index < -0.39 is 34.2 Å². The lowest BCUT2D eigenvalue weighted by Crippen LogP contribution is -2.50. The number of rotatable bonds is 8. The van der Waals surface area contributed by atoms with Gasteiger partial charge in [0.1, 0.15) is 0 Å². The first kappa shape index (κ1) is 20.2. The minimum Gasteiger partial charge on any atom is -0.464 e. The molecule has 0 radical (unpaired) electrons. The van der Waals surface area contributed by atoms with Gasteiger partial charge in [0.05, 0.1) is 19.1 Å². The van der Waals surface area contributed by atoms with Gasteiger partial charge in [-0.1, -0.05) is 35.3 Å². The van der Waals surface area contributed by atoms with E-state index in [0.29, 0.717) is 10.6 Å². The second kappa shape index (κ2) is 8.84. The first-order valence-electron chi connectivity index (χ1n) is 7.17. The fraction of sp³-hybridized carbons (Fsp3) is 0.467. The van der Waals surface area contributed by atoms with Gasteiger partial charge in [-0.3, -0.25) is 10.1 Å². The molecule has 0 aliphatic heterocycles. The number of carbonyl (C=O) groups is 2. The molecular formula is C15H17Cl2NO6. The zero-order chi connectivity index (χ0) is 18.3. The van der Waals surface area contributed by atoms with Crippen molar-refractivity contribution >= 4 is 35.1 Å². The summed E-state index contributed by atoms with van der Waals surface area (Å²) in [5.41, 5.74) is 0.298. The van der Waals surface area contributed by atoms with Crippen molar-refractivity contribution in [3.05, 3.63) is 45.0 Å². The van der Waals surface area contributed by atoms with Crippen LogP contribution in [0.3, 0.4) is 0 Å². The molecule has 0 amide bonds. The summed E-state index contributed by atoms with van der Waals surface area (Å²) in [7, 11) is 0. The normalized spacial score (nSPS) is 12.3. The summed E-state index contributed by atoms with van der Waals surface area (Å²) in [6.07, 6.45) is 0. The highest BCUT2D eigenvalue weighted by Crippen LogP contribution is 2.37. The molecule has 0 heterocycles. The Morgan fingerprint density at radius 3 is 2.00 bits per heavy atom. The van der Waals surface area contributed by atoms with Gasteiger partial charge in [-0.05, 0) is 31.5 Å². The predicted octanol–water partition coefficient (Wildman–Crippen LogP) is 2.80. The molecule has 1 aromatic rings. The Morgan fingerprint density at radius 1 is 1.17 bits per heavy atom. The Balaban J connectivity index is 3.43. The summed E-state index contributed by atoms with van der Waals surface area (Å²) in [4.78, 5) is 32.7. The number of nitrogens with zero attached hydrogens (tertiary/aromatic N) is 1. The molecule has 7 nitrogen and oxygen atoms in total. The molecule has 0 saturated heterocycles. The highest BCUT2D eigenvalue weighted by Gasteiger charge is 2.56. The zero-order valence-electron chi connectivity index (χ0n) is 13.2. The number of carbonyl (C=O) groups excluding carboxylic acids is 2. The minimum absolute atomic E-state index is 0.0431. The highest BCUT2D eigenvalue weighted by atomic mass is 35.5. The van der Waals surface area contributed by atoms with Gasteiger partial charge in [0, 0.05) is 9.95 Å². The van der Waals surface area contributed by atoms with Gasteiger partial charge in [-0.25, -0.2) is 9.59 Å². The van der Waals surface area contributed by atoms with E-state index in [9.17, 15) is 19.7 Å². The maximum atomic E-state index is 12.3. The van der Waals surface area contributed by atoms with Gasteiger partial charge in [-0.2, -0.15) is 0 Å². The molecule has 9 heteroatoms. The molecule has 0 N–H and O–H groups in total. The number of benzene rings is 1. The second-order valence-electron chi connectivity index (χ2n) is 4.77. The summed E-state index contributed by atoms with van der Waals surface area (Å²) in [6.45, 7) is 2.22. The number of esters is 2. The Labute approximate surface area is 149 Å². The van der Waals surface area contributed by atoms with Gasteiger partial charge < -0.3 is 9.47 Å². The van der Waals surface area contributed by atoms with Crippen LogP contribution >= 0.6 is 23.2 Å². The fourth-order valence-electron chi connectivity index (χ4n) is 2.15. The average Bonchev–Trinajstić information content (AvgIpc) is 2.53. The van der Waals surface area contributed by atoms with E-state index in [2.05, 4.69) is 0 Å². The van der Waals surface area contributed by atoms with Crippen molar-refractivity contribution in [2.24, 2.45) is 0 Å². The quantitative estimate of drug-likeness (QED) is 0.227. The van der Waals surface area contributed by atoms with Crippen LogP contribution in [0.4, 0.5) is 0 Å². The molecule has 0 bridgehead atoms. The zero-order valence-corrected chi connectivity index (χ0v) is 14.7. The summed E-state index contributed by atoms with van der Waals surface area (Å²) < 4.78 is 9.72. The standard InChI is InChI=1S/C15H17Cl2NO6/c1-3-23-13(19)15(17,14(20)24-4-2)12(9-18(21)22)10-5-7-11(16)8-6-10/h5-8,12H,3-4,9H2,1-2H3/t12-/m1/s1. The van der Waals surface area contributed by atoms with Crippen molar-refractivity contribution in [2.75, 3.05) is 19.8 Å². The largest absolute Gasteiger partial charge is 0.464 e. The molecule has 0 aromatic heterocycles. The van der Waals surface area contributed by atoms with Gasteiger partial charge in [-0.15, -0.1) is 0 Å². The Kier molecular flexibility index (Phi) is 7.44. The smallest absolute Gasteiger partial charge is 0.339 e. The van der Waals surface area contributed by atoms with E-state index in [0.717, 1.165) is 0 Å². The average molecular weight is 378 g/mol. The third kappa shape index (κ3) is 4.58. The third-order valence-electron chi connectivity index (χ3n) is 3.23. The molecule has 0 saturated carbocycles.